The molecule has 0 amide bonds. The van der Waals surface area contributed by atoms with Gasteiger partial charge < -0.3 is 14.2 Å². The smallest absolute Gasteiger partial charge is 0.101 e. The van der Waals surface area contributed by atoms with E-state index in [1.807, 2.05) is 12.5 Å². The summed E-state index contributed by atoms with van der Waals surface area (Å²) >= 11 is 0. The Morgan fingerprint density at radius 3 is 2.91 bits per heavy atom. The molecule has 0 saturated heterocycles. The number of nitrogens with zero attached hydrogens (tertiary/aromatic N) is 4. The zero-order chi connectivity index (χ0) is 14.7. The van der Waals surface area contributed by atoms with Gasteiger partial charge in [0.05, 0.1) is 42.5 Å². The SMILES string of the molecule is O[C@H]1c2cncn2CC[C@@H]1C1c2ccccc2-c2cncn21. The van der Waals surface area contributed by atoms with Crippen LogP contribution in [0.2, 0.25) is 0 Å². The molecule has 110 valence electrons. The van der Waals surface area contributed by atoms with E-state index in [1.54, 1.807) is 12.5 Å². The van der Waals surface area contributed by atoms with E-state index >= 15 is 0 Å². The number of aryl methyl sites for hydroxylation is 1. The minimum Gasteiger partial charge on any atom is -0.386 e. The maximum Gasteiger partial charge on any atom is 0.101 e. The van der Waals surface area contributed by atoms with Crippen LogP contribution in [0.25, 0.3) is 11.3 Å². The molecule has 1 unspecified atom stereocenters. The molecule has 0 bridgehead atoms. The van der Waals surface area contributed by atoms with E-state index in [4.69, 9.17) is 0 Å². The first-order valence-electron chi connectivity index (χ1n) is 7.64. The second kappa shape index (κ2) is 4.30. The highest BCUT2D eigenvalue weighted by Gasteiger charge is 2.40. The highest BCUT2D eigenvalue weighted by atomic mass is 16.3. The van der Waals surface area contributed by atoms with E-state index in [1.165, 1.54) is 11.1 Å². The molecule has 5 rings (SSSR count). The van der Waals surface area contributed by atoms with Crippen LogP contribution in [-0.2, 0) is 6.54 Å². The van der Waals surface area contributed by atoms with Gasteiger partial charge in [0.2, 0.25) is 0 Å². The van der Waals surface area contributed by atoms with Gasteiger partial charge in [0.1, 0.15) is 6.10 Å². The predicted molar refractivity (Wildman–Crippen MR) is 81.1 cm³/mol. The summed E-state index contributed by atoms with van der Waals surface area (Å²) in [6.45, 7) is 0.903. The van der Waals surface area contributed by atoms with Gasteiger partial charge in [-0.25, -0.2) is 9.97 Å². The third kappa shape index (κ3) is 1.46. The molecule has 0 fully saturated rings. The Labute approximate surface area is 127 Å². The molecule has 0 aliphatic carbocycles. The van der Waals surface area contributed by atoms with Gasteiger partial charge in [-0.1, -0.05) is 24.3 Å². The van der Waals surface area contributed by atoms with Crippen LogP contribution < -0.4 is 0 Å². The fraction of sp³-hybridized carbons (Fsp3) is 0.294. The summed E-state index contributed by atoms with van der Waals surface area (Å²) in [5.74, 6) is 0.140. The van der Waals surface area contributed by atoms with Crippen LogP contribution in [0.1, 0.15) is 29.8 Å². The molecular formula is C17H16N4O. The van der Waals surface area contributed by atoms with Gasteiger partial charge in [-0.2, -0.15) is 0 Å². The minimum absolute atomic E-state index is 0.140. The van der Waals surface area contributed by atoms with Crippen molar-refractivity contribution in [1.29, 1.82) is 0 Å². The van der Waals surface area contributed by atoms with Gasteiger partial charge in [-0.3, -0.25) is 0 Å². The van der Waals surface area contributed by atoms with Crippen LogP contribution in [0.3, 0.4) is 0 Å². The number of aliphatic hydroxyl groups excluding tert-OH is 1. The van der Waals surface area contributed by atoms with Crippen LogP contribution >= 0.6 is 0 Å². The Kier molecular flexibility index (Phi) is 2.38. The number of fused-ring (bicyclic) bond motifs is 4. The van der Waals surface area contributed by atoms with Gasteiger partial charge in [0.15, 0.2) is 0 Å². The number of aliphatic hydroxyl groups is 1. The van der Waals surface area contributed by atoms with E-state index in [9.17, 15) is 5.11 Å². The molecule has 0 radical (unpaired) electrons. The van der Waals surface area contributed by atoms with Crippen LogP contribution in [0, 0.1) is 5.92 Å². The van der Waals surface area contributed by atoms with E-state index < -0.39 is 6.10 Å². The Balaban J connectivity index is 1.65. The number of hydrogen-bond donors (Lipinski definition) is 1. The molecule has 2 aliphatic heterocycles. The number of aromatic nitrogens is 4. The Hall–Kier alpha value is -2.40. The molecule has 1 aromatic carbocycles. The number of hydrogen-bond acceptors (Lipinski definition) is 3. The highest BCUT2D eigenvalue weighted by molar-refractivity contribution is 5.69. The number of rotatable bonds is 1. The lowest BCUT2D eigenvalue weighted by Crippen LogP contribution is -2.30. The Morgan fingerprint density at radius 1 is 1.09 bits per heavy atom. The van der Waals surface area contributed by atoms with Crippen molar-refractivity contribution in [2.75, 3.05) is 0 Å². The molecule has 4 heterocycles. The van der Waals surface area contributed by atoms with Gasteiger partial charge in [-0.05, 0) is 12.0 Å². The first-order valence-corrected chi connectivity index (χ1v) is 7.64. The van der Waals surface area contributed by atoms with E-state index in [0.717, 1.165) is 24.4 Å². The summed E-state index contributed by atoms with van der Waals surface area (Å²) in [7, 11) is 0. The second-order valence-electron chi connectivity index (χ2n) is 6.13. The van der Waals surface area contributed by atoms with Crippen molar-refractivity contribution in [1.82, 2.24) is 19.1 Å². The lowest BCUT2D eigenvalue weighted by Gasteiger charge is -2.34. The molecule has 5 heteroatoms. The highest BCUT2D eigenvalue weighted by Crippen LogP contribution is 2.48. The van der Waals surface area contributed by atoms with Crippen molar-refractivity contribution in [3.05, 3.63) is 60.6 Å². The standard InChI is InChI=1S/C17H16N4O/c22-17-13(5-6-20-9-18-8-15(17)20)16-12-4-2-1-3-11(12)14-7-19-10-21(14)16/h1-4,7-10,13,16-17,22H,5-6H2/t13-,16?,17-/m1/s1. The molecule has 2 aromatic heterocycles. The van der Waals surface area contributed by atoms with Crippen LogP contribution in [0.5, 0.6) is 0 Å². The van der Waals surface area contributed by atoms with Crippen LogP contribution in [-0.4, -0.2) is 24.2 Å². The zero-order valence-corrected chi connectivity index (χ0v) is 12.0. The first-order chi connectivity index (χ1) is 10.8. The molecule has 2 aliphatic rings. The largest absolute Gasteiger partial charge is 0.386 e. The van der Waals surface area contributed by atoms with Crippen molar-refractivity contribution in [2.24, 2.45) is 5.92 Å². The molecule has 1 N–H and O–H groups in total. The number of benzene rings is 1. The van der Waals surface area contributed by atoms with E-state index in [2.05, 4.69) is 43.4 Å². The first kappa shape index (κ1) is 12.2. The Bertz CT molecular complexity index is 850. The fourth-order valence-electron chi connectivity index (χ4n) is 4.07. The predicted octanol–water partition coefficient (Wildman–Crippen LogP) is 2.40. The van der Waals surface area contributed by atoms with Gasteiger partial charge in [0.25, 0.3) is 0 Å². The van der Waals surface area contributed by atoms with Gasteiger partial charge >= 0.3 is 0 Å². The molecule has 5 nitrogen and oxygen atoms in total. The summed E-state index contributed by atoms with van der Waals surface area (Å²) in [4.78, 5) is 8.49. The quantitative estimate of drug-likeness (QED) is 0.749. The second-order valence-corrected chi connectivity index (χ2v) is 6.13. The van der Waals surface area contributed by atoms with Gasteiger partial charge in [-0.15, -0.1) is 0 Å². The monoisotopic (exact) mass is 292 g/mol. The van der Waals surface area contributed by atoms with Crippen molar-refractivity contribution >= 4 is 0 Å². The molecule has 22 heavy (non-hydrogen) atoms. The average molecular weight is 292 g/mol. The fourth-order valence-corrected chi connectivity index (χ4v) is 4.07. The summed E-state index contributed by atoms with van der Waals surface area (Å²) in [5, 5.41) is 10.9. The zero-order valence-electron chi connectivity index (χ0n) is 12.0. The van der Waals surface area contributed by atoms with Crippen LogP contribution in [0.15, 0.2) is 49.3 Å². The van der Waals surface area contributed by atoms with Gasteiger partial charge in [0, 0.05) is 18.0 Å². The lowest BCUT2D eigenvalue weighted by molar-refractivity contribution is 0.0556. The summed E-state index contributed by atoms with van der Waals surface area (Å²) in [5.41, 5.74) is 4.59. The summed E-state index contributed by atoms with van der Waals surface area (Å²) in [6.07, 6.45) is 7.83. The summed E-state index contributed by atoms with van der Waals surface area (Å²) < 4.78 is 4.27. The molecule has 0 saturated carbocycles. The normalized spacial score (nSPS) is 25.6. The van der Waals surface area contributed by atoms with Crippen molar-refractivity contribution < 1.29 is 5.11 Å². The van der Waals surface area contributed by atoms with Crippen LogP contribution in [0.4, 0.5) is 0 Å². The molecule has 3 atom stereocenters. The molecular weight excluding hydrogens is 276 g/mol. The topological polar surface area (TPSA) is 55.9 Å². The maximum atomic E-state index is 10.9. The lowest BCUT2D eigenvalue weighted by atomic mass is 9.83. The van der Waals surface area contributed by atoms with Crippen molar-refractivity contribution in [2.45, 2.75) is 25.1 Å². The van der Waals surface area contributed by atoms with Crippen molar-refractivity contribution in [3.63, 3.8) is 0 Å². The summed E-state index contributed by atoms with van der Waals surface area (Å²) in [6, 6.07) is 8.59. The Morgan fingerprint density at radius 2 is 1.95 bits per heavy atom. The number of imidazole rings is 2. The molecule has 3 aromatic rings. The minimum atomic E-state index is -0.498. The third-order valence-electron chi connectivity index (χ3n) is 5.08. The van der Waals surface area contributed by atoms with Crippen molar-refractivity contribution in [3.8, 4) is 11.3 Å². The average Bonchev–Trinajstić information content (AvgIpc) is 3.23. The molecule has 0 spiro atoms. The van der Waals surface area contributed by atoms with E-state index in [-0.39, 0.29) is 12.0 Å². The third-order valence-corrected chi connectivity index (χ3v) is 5.08. The van der Waals surface area contributed by atoms with E-state index in [0.29, 0.717) is 0 Å². The maximum absolute atomic E-state index is 10.9.